The molecule has 73 heavy (non-hydrogen) atoms. The number of unbranched alkanes of at least 4 members (excludes halogenated alkanes) is 20. The first kappa shape index (κ1) is 68.6. The Morgan fingerprint density at radius 3 is 0.904 bits per heavy atom. The standard InChI is InChI=1S/C67H108O6/c1-4-7-10-13-16-19-22-25-28-29-30-31-32-33-34-35-36-37-40-42-45-48-51-54-57-60-66(69)72-63-64(73-67(70)61-58-55-52-49-46-43-39-27-24-21-18-15-12-9-6-3)62-71-65(68)59-56-53-50-47-44-41-38-26-23-20-17-14-11-8-5-2/h7,9-10,12,16,18-19,21,25,27-28,30-31,33-34,36-37,39,46,49,55,58,64H,4-6,8,11,13-15,17,20,22-24,26,29,32,35,38,40-45,47-48,50-54,56-57,59-63H2,1-3H3/b10-7-,12-9-,19-16-,21-18-,28-25-,31-30-,34-33-,37-36-,39-27-,49-46-,58-55-. The molecule has 0 N–H and O–H groups in total. The van der Waals surface area contributed by atoms with Gasteiger partial charge in [0, 0.05) is 12.8 Å². The third kappa shape index (κ3) is 58.3. The highest BCUT2D eigenvalue weighted by Gasteiger charge is 2.19. The molecule has 0 aromatic heterocycles. The molecule has 0 bridgehead atoms. The summed E-state index contributed by atoms with van der Waals surface area (Å²) in [6.07, 6.45) is 84.7. The summed E-state index contributed by atoms with van der Waals surface area (Å²) < 4.78 is 16.8. The molecule has 0 aliphatic heterocycles. The van der Waals surface area contributed by atoms with E-state index in [0.717, 1.165) is 116 Å². The maximum Gasteiger partial charge on any atom is 0.310 e. The molecule has 0 radical (unpaired) electrons. The average molecular weight is 1010 g/mol. The first-order chi connectivity index (χ1) is 36.0. The van der Waals surface area contributed by atoms with Crippen molar-refractivity contribution in [1.29, 1.82) is 0 Å². The molecule has 0 aromatic rings. The molecule has 0 heterocycles. The smallest absolute Gasteiger partial charge is 0.310 e. The molecule has 0 amide bonds. The quantitative estimate of drug-likeness (QED) is 0.0261. The minimum absolute atomic E-state index is 0.0897. The Kier molecular flexibility index (Phi) is 56.4. The molecular formula is C67H108O6. The van der Waals surface area contributed by atoms with Gasteiger partial charge in [-0.2, -0.15) is 0 Å². The molecular weight excluding hydrogens is 901 g/mol. The van der Waals surface area contributed by atoms with E-state index in [1.54, 1.807) is 6.08 Å². The topological polar surface area (TPSA) is 78.9 Å². The van der Waals surface area contributed by atoms with Crippen molar-refractivity contribution >= 4 is 17.9 Å². The molecule has 0 saturated carbocycles. The highest BCUT2D eigenvalue weighted by molar-refractivity contribution is 5.72. The molecule has 0 saturated heterocycles. The lowest BCUT2D eigenvalue weighted by molar-refractivity contribution is -0.166. The summed E-state index contributed by atoms with van der Waals surface area (Å²) in [6, 6.07) is 0. The summed E-state index contributed by atoms with van der Waals surface area (Å²) >= 11 is 0. The third-order valence-electron chi connectivity index (χ3n) is 12.2. The van der Waals surface area contributed by atoms with E-state index in [0.29, 0.717) is 19.3 Å². The monoisotopic (exact) mass is 1010 g/mol. The highest BCUT2D eigenvalue weighted by Crippen LogP contribution is 2.15. The summed E-state index contributed by atoms with van der Waals surface area (Å²) in [6.45, 7) is 6.32. The van der Waals surface area contributed by atoms with Gasteiger partial charge in [-0.15, -0.1) is 0 Å². The lowest BCUT2D eigenvalue weighted by atomic mass is 10.0. The van der Waals surface area contributed by atoms with Crippen molar-refractivity contribution in [1.82, 2.24) is 0 Å². The number of hydrogen-bond donors (Lipinski definition) is 0. The van der Waals surface area contributed by atoms with Crippen LogP contribution in [-0.4, -0.2) is 37.2 Å². The number of carbonyl (C=O) groups is 3. The molecule has 0 fully saturated rings. The fourth-order valence-electron chi connectivity index (χ4n) is 7.82. The van der Waals surface area contributed by atoms with E-state index >= 15 is 0 Å². The van der Waals surface area contributed by atoms with Crippen LogP contribution in [0.2, 0.25) is 0 Å². The Labute approximate surface area is 449 Å². The van der Waals surface area contributed by atoms with Gasteiger partial charge in [0.1, 0.15) is 13.2 Å². The highest BCUT2D eigenvalue weighted by atomic mass is 16.6. The number of ether oxygens (including phenoxy) is 3. The van der Waals surface area contributed by atoms with Gasteiger partial charge < -0.3 is 14.2 Å². The molecule has 0 aromatic carbocycles. The Bertz CT molecular complexity index is 1580. The largest absolute Gasteiger partial charge is 0.462 e. The van der Waals surface area contributed by atoms with Gasteiger partial charge in [-0.1, -0.05) is 270 Å². The summed E-state index contributed by atoms with van der Waals surface area (Å²) in [4.78, 5) is 38.1. The van der Waals surface area contributed by atoms with E-state index in [2.05, 4.69) is 142 Å². The maximum atomic E-state index is 12.8. The van der Waals surface area contributed by atoms with Crippen LogP contribution in [-0.2, 0) is 28.6 Å². The normalized spacial score (nSPS) is 13.1. The second kappa shape index (κ2) is 60.1. The first-order valence-corrected chi connectivity index (χ1v) is 29.7. The zero-order chi connectivity index (χ0) is 52.9. The molecule has 1 unspecified atom stereocenters. The zero-order valence-corrected chi connectivity index (χ0v) is 47.1. The minimum atomic E-state index is -0.842. The van der Waals surface area contributed by atoms with Crippen LogP contribution in [0.5, 0.6) is 0 Å². The van der Waals surface area contributed by atoms with Crippen molar-refractivity contribution in [3.05, 3.63) is 134 Å². The molecule has 0 spiro atoms. The lowest BCUT2D eigenvalue weighted by Crippen LogP contribution is -2.30. The van der Waals surface area contributed by atoms with Gasteiger partial charge in [0.2, 0.25) is 0 Å². The number of allylic oxidation sites excluding steroid dienone is 21. The van der Waals surface area contributed by atoms with Crippen LogP contribution in [0.25, 0.3) is 0 Å². The van der Waals surface area contributed by atoms with Crippen molar-refractivity contribution in [2.45, 2.75) is 258 Å². The van der Waals surface area contributed by atoms with Crippen LogP contribution < -0.4 is 0 Å². The Morgan fingerprint density at radius 1 is 0.301 bits per heavy atom. The van der Waals surface area contributed by atoms with E-state index in [1.807, 2.05) is 6.08 Å². The fourth-order valence-corrected chi connectivity index (χ4v) is 7.82. The van der Waals surface area contributed by atoms with Crippen LogP contribution in [0.1, 0.15) is 252 Å². The van der Waals surface area contributed by atoms with Crippen LogP contribution in [0.3, 0.4) is 0 Å². The number of carbonyl (C=O) groups excluding carboxylic acids is 3. The van der Waals surface area contributed by atoms with Crippen LogP contribution in [0, 0.1) is 0 Å². The minimum Gasteiger partial charge on any atom is -0.462 e. The van der Waals surface area contributed by atoms with Gasteiger partial charge in [0.25, 0.3) is 0 Å². The first-order valence-electron chi connectivity index (χ1n) is 29.7. The van der Waals surface area contributed by atoms with Crippen molar-refractivity contribution in [3.8, 4) is 0 Å². The Hall–Kier alpha value is -4.45. The van der Waals surface area contributed by atoms with E-state index in [4.69, 9.17) is 14.2 Å². The fraction of sp³-hybridized carbons (Fsp3) is 0.627. The van der Waals surface area contributed by atoms with Gasteiger partial charge in [-0.25, -0.2) is 0 Å². The van der Waals surface area contributed by atoms with E-state index in [-0.39, 0.29) is 31.6 Å². The molecule has 412 valence electrons. The summed E-state index contributed by atoms with van der Waals surface area (Å²) in [7, 11) is 0. The molecule has 0 rings (SSSR count). The second-order valence-electron chi connectivity index (χ2n) is 19.2. The van der Waals surface area contributed by atoms with Gasteiger partial charge in [-0.05, 0) is 96.3 Å². The molecule has 6 heteroatoms. The second-order valence-corrected chi connectivity index (χ2v) is 19.2. The summed E-state index contributed by atoms with van der Waals surface area (Å²) in [5, 5.41) is 0. The van der Waals surface area contributed by atoms with Crippen molar-refractivity contribution in [2.24, 2.45) is 0 Å². The SMILES string of the molecule is CC/C=C\C/C=C\C/C=C\C/C=C\C/C=C\C/C=C\CCCCCCCCC(=O)OCC(COC(=O)CCCCCCCCCCCCCCCCC)OC(=O)C/C=C\C/C=C\C/C=C\C/C=C\C/C=C\CC. The number of hydrogen-bond acceptors (Lipinski definition) is 6. The Morgan fingerprint density at radius 2 is 0.575 bits per heavy atom. The van der Waals surface area contributed by atoms with Gasteiger partial charge in [0.15, 0.2) is 6.10 Å². The molecule has 0 aliphatic rings. The van der Waals surface area contributed by atoms with Gasteiger partial charge in [0.05, 0.1) is 6.42 Å². The van der Waals surface area contributed by atoms with Crippen LogP contribution >= 0.6 is 0 Å². The molecule has 1 atom stereocenters. The zero-order valence-electron chi connectivity index (χ0n) is 47.1. The van der Waals surface area contributed by atoms with E-state index < -0.39 is 12.1 Å². The number of esters is 3. The van der Waals surface area contributed by atoms with E-state index in [9.17, 15) is 14.4 Å². The predicted molar refractivity (Wildman–Crippen MR) is 316 cm³/mol. The van der Waals surface area contributed by atoms with E-state index in [1.165, 1.54) is 89.9 Å². The number of rotatable bonds is 52. The molecule has 0 aliphatic carbocycles. The van der Waals surface area contributed by atoms with Crippen LogP contribution in [0.4, 0.5) is 0 Å². The van der Waals surface area contributed by atoms with Gasteiger partial charge >= 0.3 is 17.9 Å². The van der Waals surface area contributed by atoms with Crippen molar-refractivity contribution < 1.29 is 28.6 Å². The lowest BCUT2D eigenvalue weighted by Gasteiger charge is -2.18. The van der Waals surface area contributed by atoms with Crippen LogP contribution in [0.15, 0.2) is 134 Å². The third-order valence-corrected chi connectivity index (χ3v) is 12.2. The summed E-state index contributed by atoms with van der Waals surface area (Å²) in [5.41, 5.74) is 0. The maximum absolute atomic E-state index is 12.8. The van der Waals surface area contributed by atoms with Crippen molar-refractivity contribution in [3.63, 3.8) is 0 Å². The van der Waals surface area contributed by atoms with Crippen molar-refractivity contribution in [2.75, 3.05) is 13.2 Å². The Balaban J connectivity index is 4.47. The average Bonchev–Trinajstić information content (AvgIpc) is 3.39. The predicted octanol–water partition coefficient (Wildman–Crippen LogP) is 20.2. The summed E-state index contributed by atoms with van der Waals surface area (Å²) in [5.74, 6) is -1.07. The van der Waals surface area contributed by atoms with Gasteiger partial charge in [-0.3, -0.25) is 14.4 Å². The molecule has 6 nitrogen and oxygen atoms in total.